The van der Waals surface area contributed by atoms with E-state index in [4.69, 9.17) is 4.74 Å². The first-order valence-electron chi connectivity index (χ1n) is 6.15. The van der Waals surface area contributed by atoms with Crippen molar-refractivity contribution in [3.05, 3.63) is 0 Å². The molecule has 1 rings (SSSR count). The van der Waals surface area contributed by atoms with Crippen LogP contribution in [0.5, 0.6) is 0 Å². The van der Waals surface area contributed by atoms with E-state index in [0.29, 0.717) is 0 Å². The Morgan fingerprint density at radius 3 is 2.33 bits per heavy atom. The van der Waals surface area contributed by atoms with Crippen LogP contribution < -0.4 is 5.32 Å². The molecule has 0 aromatic rings. The van der Waals surface area contributed by atoms with Crippen LogP contribution in [-0.4, -0.2) is 53.1 Å². The minimum atomic E-state index is -0.547. The highest BCUT2D eigenvalue weighted by Gasteiger charge is 2.25. The molecule has 1 unspecified atom stereocenters. The van der Waals surface area contributed by atoms with Gasteiger partial charge in [-0.05, 0) is 27.7 Å². The van der Waals surface area contributed by atoms with Gasteiger partial charge in [-0.1, -0.05) is 0 Å². The molecule has 0 bridgehead atoms. The van der Waals surface area contributed by atoms with Crippen LogP contribution in [0.1, 0.15) is 27.7 Å². The standard InChI is InChI=1S/C12H22N2O3S/c1-9(13-11(16)17-12(2,3)4)10(15)14-5-7-18-8-6-14/h9H,5-8H2,1-4H3,(H,13,16). The van der Waals surface area contributed by atoms with E-state index in [1.165, 1.54) is 0 Å². The topological polar surface area (TPSA) is 58.6 Å². The first-order valence-corrected chi connectivity index (χ1v) is 7.31. The fourth-order valence-corrected chi connectivity index (χ4v) is 2.51. The number of carbonyl (C=O) groups excluding carboxylic acids is 2. The van der Waals surface area contributed by atoms with E-state index in [-0.39, 0.29) is 5.91 Å². The number of thioether (sulfide) groups is 1. The van der Waals surface area contributed by atoms with Crippen molar-refractivity contribution in [1.82, 2.24) is 10.2 Å². The third-order valence-corrected chi connectivity index (χ3v) is 3.37. The van der Waals surface area contributed by atoms with Crippen LogP contribution in [0, 0.1) is 0 Å². The maximum absolute atomic E-state index is 12.0. The maximum atomic E-state index is 12.0. The number of nitrogens with zero attached hydrogens (tertiary/aromatic N) is 1. The summed E-state index contributed by atoms with van der Waals surface area (Å²) in [6.45, 7) is 8.57. The number of amides is 2. The Labute approximate surface area is 113 Å². The normalized spacial score (nSPS) is 18.1. The lowest BCUT2D eigenvalue weighted by Crippen LogP contribution is -2.50. The molecule has 2 amide bonds. The van der Waals surface area contributed by atoms with Gasteiger partial charge in [0, 0.05) is 24.6 Å². The zero-order valence-corrected chi connectivity index (χ0v) is 12.3. The molecule has 0 saturated carbocycles. The summed E-state index contributed by atoms with van der Waals surface area (Å²) < 4.78 is 5.12. The van der Waals surface area contributed by atoms with Gasteiger partial charge < -0.3 is 15.0 Å². The molecule has 1 N–H and O–H groups in total. The van der Waals surface area contributed by atoms with Crippen molar-refractivity contribution in [2.75, 3.05) is 24.6 Å². The Morgan fingerprint density at radius 2 is 1.83 bits per heavy atom. The molecule has 18 heavy (non-hydrogen) atoms. The fourth-order valence-electron chi connectivity index (χ4n) is 1.60. The largest absolute Gasteiger partial charge is 0.444 e. The van der Waals surface area contributed by atoms with Crippen LogP contribution in [-0.2, 0) is 9.53 Å². The molecule has 1 heterocycles. The van der Waals surface area contributed by atoms with Crippen LogP contribution in [0.4, 0.5) is 4.79 Å². The van der Waals surface area contributed by atoms with Gasteiger partial charge in [-0.25, -0.2) is 4.79 Å². The summed E-state index contributed by atoms with van der Waals surface area (Å²) >= 11 is 1.84. The zero-order valence-electron chi connectivity index (χ0n) is 11.5. The highest BCUT2D eigenvalue weighted by Crippen LogP contribution is 2.11. The summed E-state index contributed by atoms with van der Waals surface area (Å²) in [6.07, 6.45) is -0.547. The van der Waals surface area contributed by atoms with Crippen LogP contribution >= 0.6 is 11.8 Å². The number of carbonyl (C=O) groups is 2. The molecule has 1 fully saturated rings. The monoisotopic (exact) mass is 274 g/mol. The summed E-state index contributed by atoms with van der Waals surface area (Å²) in [5.41, 5.74) is -0.547. The number of nitrogens with one attached hydrogen (secondary N) is 1. The first-order chi connectivity index (χ1) is 8.29. The molecule has 1 saturated heterocycles. The second-order valence-electron chi connectivity index (χ2n) is 5.31. The van der Waals surface area contributed by atoms with Gasteiger partial charge in [0.1, 0.15) is 11.6 Å². The van der Waals surface area contributed by atoms with E-state index in [2.05, 4.69) is 5.32 Å². The Kier molecular flexibility index (Phi) is 5.31. The molecule has 0 radical (unpaired) electrons. The smallest absolute Gasteiger partial charge is 0.408 e. The van der Waals surface area contributed by atoms with Crippen LogP contribution in [0.15, 0.2) is 0 Å². The Bertz CT molecular complexity index is 309. The van der Waals surface area contributed by atoms with Gasteiger partial charge in [0.15, 0.2) is 0 Å². The van der Waals surface area contributed by atoms with E-state index in [1.807, 2.05) is 11.8 Å². The summed E-state index contributed by atoms with van der Waals surface area (Å²) in [4.78, 5) is 25.4. The molecule has 0 aromatic carbocycles. The minimum absolute atomic E-state index is 0.0406. The van der Waals surface area contributed by atoms with Gasteiger partial charge in [0.2, 0.25) is 5.91 Å². The summed E-state index contributed by atoms with van der Waals surface area (Å²) in [6, 6.07) is -0.539. The molecule has 1 atom stereocenters. The van der Waals surface area contributed by atoms with Gasteiger partial charge in [0.25, 0.3) is 0 Å². The van der Waals surface area contributed by atoms with Crippen molar-refractivity contribution < 1.29 is 14.3 Å². The average molecular weight is 274 g/mol. The molecule has 0 aliphatic carbocycles. The summed E-state index contributed by atoms with van der Waals surface area (Å²) in [5.74, 6) is 1.89. The third-order valence-electron chi connectivity index (χ3n) is 2.43. The van der Waals surface area contributed by atoms with Crippen molar-refractivity contribution in [2.45, 2.75) is 39.3 Å². The first kappa shape index (κ1) is 15.1. The van der Waals surface area contributed by atoms with Crippen LogP contribution in [0.3, 0.4) is 0 Å². The van der Waals surface area contributed by atoms with Crippen molar-refractivity contribution in [1.29, 1.82) is 0 Å². The second-order valence-corrected chi connectivity index (χ2v) is 6.53. The predicted molar refractivity (Wildman–Crippen MR) is 72.7 cm³/mol. The number of alkyl carbamates (subject to hydrolysis) is 1. The summed E-state index contributed by atoms with van der Waals surface area (Å²) in [5, 5.41) is 2.57. The lowest BCUT2D eigenvalue weighted by molar-refractivity contribution is -0.132. The summed E-state index contributed by atoms with van der Waals surface area (Å²) in [7, 11) is 0. The van der Waals surface area contributed by atoms with Crippen molar-refractivity contribution in [2.24, 2.45) is 0 Å². The van der Waals surface area contributed by atoms with Crippen molar-refractivity contribution >= 4 is 23.8 Å². The van der Waals surface area contributed by atoms with Gasteiger partial charge in [-0.2, -0.15) is 11.8 Å². The van der Waals surface area contributed by atoms with Crippen molar-refractivity contribution in [3.8, 4) is 0 Å². The SMILES string of the molecule is CC(NC(=O)OC(C)(C)C)C(=O)N1CCSCC1. The third kappa shape index (κ3) is 5.16. The Balaban J connectivity index is 2.41. The van der Waals surface area contributed by atoms with Crippen LogP contribution in [0.2, 0.25) is 0 Å². The molecule has 1 aliphatic rings. The van der Waals surface area contributed by atoms with E-state index >= 15 is 0 Å². The number of hydrogen-bond donors (Lipinski definition) is 1. The maximum Gasteiger partial charge on any atom is 0.408 e. The zero-order chi connectivity index (χ0) is 13.8. The highest BCUT2D eigenvalue weighted by atomic mass is 32.2. The van der Waals surface area contributed by atoms with Gasteiger partial charge in [0.05, 0.1) is 0 Å². The molecular weight excluding hydrogens is 252 g/mol. The highest BCUT2D eigenvalue weighted by molar-refractivity contribution is 7.99. The minimum Gasteiger partial charge on any atom is -0.444 e. The quantitative estimate of drug-likeness (QED) is 0.828. The molecular formula is C12H22N2O3S. The average Bonchev–Trinajstić information content (AvgIpc) is 2.26. The van der Waals surface area contributed by atoms with Gasteiger partial charge >= 0.3 is 6.09 Å². The van der Waals surface area contributed by atoms with E-state index in [0.717, 1.165) is 24.6 Å². The number of hydrogen-bond acceptors (Lipinski definition) is 4. The molecule has 5 nitrogen and oxygen atoms in total. The molecule has 104 valence electrons. The molecule has 1 aliphatic heterocycles. The van der Waals surface area contributed by atoms with E-state index in [9.17, 15) is 9.59 Å². The van der Waals surface area contributed by atoms with Gasteiger partial charge in [-0.3, -0.25) is 4.79 Å². The lowest BCUT2D eigenvalue weighted by Gasteiger charge is -2.29. The number of ether oxygens (including phenoxy) is 1. The molecule has 0 spiro atoms. The van der Waals surface area contributed by atoms with Gasteiger partial charge in [-0.15, -0.1) is 0 Å². The predicted octanol–water partition coefficient (Wildman–Crippen LogP) is 1.48. The molecule has 0 aromatic heterocycles. The second kappa shape index (κ2) is 6.31. The molecule has 6 heteroatoms. The van der Waals surface area contributed by atoms with E-state index < -0.39 is 17.7 Å². The van der Waals surface area contributed by atoms with Crippen molar-refractivity contribution in [3.63, 3.8) is 0 Å². The van der Waals surface area contributed by atoms with Crippen LogP contribution in [0.25, 0.3) is 0 Å². The Hall–Kier alpha value is -0.910. The lowest BCUT2D eigenvalue weighted by atomic mass is 10.2. The fraction of sp³-hybridized carbons (Fsp3) is 0.833. The van der Waals surface area contributed by atoms with E-state index in [1.54, 1.807) is 32.6 Å². The Morgan fingerprint density at radius 1 is 1.28 bits per heavy atom. The number of rotatable bonds is 2.